The van der Waals surface area contributed by atoms with Crippen LogP contribution in [0.1, 0.15) is 52.4 Å². The molecule has 15 heavy (non-hydrogen) atoms. The van der Waals surface area contributed by atoms with Gasteiger partial charge in [-0.3, -0.25) is 4.90 Å². The van der Waals surface area contributed by atoms with Crippen LogP contribution >= 0.6 is 0 Å². The van der Waals surface area contributed by atoms with Crippen LogP contribution in [0.3, 0.4) is 0 Å². The van der Waals surface area contributed by atoms with Crippen LogP contribution in [0, 0.1) is 17.3 Å². The van der Waals surface area contributed by atoms with Crippen LogP contribution < -0.4 is 0 Å². The third kappa shape index (κ3) is 1.13. The molecule has 1 saturated heterocycles. The molecule has 1 nitrogen and oxygen atoms in total. The van der Waals surface area contributed by atoms with Crippen molar-refractivity contribution in [1.82, 2.24) is 4.90 Å². The molecule has 5 unspecified atom stereocenters. The van der Waals surface area contributed by atoms with Crippen LogP contribution in [-0.4, -0.2) is 24.0 Å². The van der Waals surface area contributed by atoms with Crippen molar-refractivity contribution in [3.05, 3.63) is 0 Å². The van der Waals surface area contributed by atoms with Gasteiger partial charge in [0.25, 0.3) is 0 Å². The van der Waals surface area contributed by atoms with Gasteiger partial charge in [0.05, 0.1) is 0 Å². The second kappa shape index (κ2) is 3.23. The average Bonchev–Trinajstić information content (AvgIpc) is 2.13. The summed E-state index contributed by atoms with van der Waals surface area (Å²) in [6, 6.07) is 1.85. The van der Waals surface area contributed by atoms with Gasteiger partial charge >= 0.3 is 0 Å². The highest BCUT2D eigenvalue weighted by Gasteiger charge is 2.62. The molecule has 1 heteroatoms. The van der Waals surface area contributed by atoms with Crippen molar-refractivity contribution in [3.63, 3.8) is 0 Å². The zero-order chi connectivity index (χ0) is 10.6. The molecule has 3 aliphatic rings. The Morgan fingerprint density at radius 2 is 2.07 bits per heavy atom. The van der Waals surface area contributed by atoms with Crippen molar-refractivity contribution in [2.24, 2.45) is 17.3 Å². The van der Waals surface area contributed by atoms with Crippen LogP contribution in [0.5, 0.6) is 0 Å². The summed E-state index contributed by atoms with van der Waals surface area (Å²) >= 11 is 0. The topological polar surface area (TPSA) is 3.24 Å². The minimum atomic E-state index is 0.818. The molecule has 0 N–H and O–H groups in total. The highest BCUT2D eigenvalue weighted by Crippen LogP contribution is 2.65. The minimum Gasteiger partial charge on any atom is -0.300 e. The molecule has 2 saturated carbocycles. The third-order valence-corrected chi connectivity index (χ3v) is 6.16. The van der Waals surface area contributed by atoms with Gasteiger partial charge in [-0.15, -0.1) is 0 Å². The van der Waals surface area contributed by atoms with Gasteiger partial charge in [-0.1, -0.05) is 20.3 Å². The Kier molecular flexibility index (Phi) is 2.18. The summed E-state index contributed by atoms with van der Waals surface area (Å²) in [7, 11) is 2.40. The Balaban J connectivity index is 1.78. The van der Waals surface area contributed by atoms with Crippen molar-refractivity contribution in [1.29, 1.82) is 0 Å². The van der Waals surface area contributed by atoms with Gasteiger partial charge in [0.1, 0.15) is 0 Å². The van der Waals surface area contributed by atoms with E-state index in [-0.39, 0.29) is 0 Å². The van der Waals surface area contributed by atoms with Gasteiger partial charge in [-0.25, -0.2) is 0 Å². The lowest BCUT2D eigenvalue weighted by Gasteiger charge is -2.69. The molecule has 1 heterocycles. The second-order valence-electron chi connectivity index (χ2n) is 6.38. The zero-order valence-corrected chi connectivity index (χ0v) is 10.5. The van der Waals surface area contributed by atoms with Crippen LogP contribution in [0.2, 0.25) is 0 Å². The molecular formula is C14H25N. The first-order chi connectivity index (χ1) is 7.19. The molecule has 0 aromatic heterocycles. The van der Waals surface area contributed by atoms with Gasteiger partial charge in [0.2, 0.25) is 0 Å². The molecule has 1 spiro atoms. The smallest absolute Gasteiger partial charge is 0.0155 e. The van der Waals surface area contributed by atoms with E-state index in [0.29, 0.717) is 0 Å². The van der Waals surface area contributed by atoms with Gasteiger partial charge in [-0.05, 0) is 56.4 Å². The molecule has 0 radical (unpaired) electrons. The van der Waals surface area contributed by atoms with Crippen LogP contribution in [0.25, 0.3) is 0 Å². The van der Waals surface area contributed by atoms with E-state index in [0.717, 1.165) is 29.3 Å². The Morgan fingerprint density at radius 1 is 1.33 bits per heavy atom. The number of hydrogen-bond acceptors (Lipinski definition) is 1. The Hall–Kier alpha value is -0.0400. The summed E-state index contributed by atoms with van der Waals surface area (Å²) in [4.78, 5) is 2.76. The van der Waals surface area contributed by atoms with Crippen LogP contribution in [0.15, 0.2) is 0 Å². The standard InChI is InChI=1S/C14H25N/c1-4-10(2)12-9-11-5-7-14(11)8-6-13(14)15(12)3/h10-13H,4-9H2,1-3H3. The molecule has 5 atom stereocenters. The van der Waals surface area contributed by atoms with E-state index in [4.69, 9.17) is 0 Å². The van der Waals surface area contributed by atoms with Crippen LogP contribution in [-0.2, 0) is 0 Å². The van der Waals surface area contributed by atoms with E-state index in [2.05, 4.69) is 25.8 Å². The average molecular weight is 207 g/mol. The first-order valence-electron chi connectivity index (χ1n) is 6.91. The molecular weight excluding hydrogens is 182 g/mol. The number of rotatable bonds is 2. The van der Waals surface area contributed by atoms with Gasteiger partial charge < -0.3 is 0 Å². The second-order valence-corrected chi connectivity index (χ2v) is 6.38. The predicted molar refractivity (Wildman–Crippen MR) is 63.8 cm³/mol. The Morgan fingerprint density at radius 3 is 2.53 bits per heavy atom. The summed E-state index contributed by atoms with van der Waals surface area (Å²) in [6.45, 7) is 4.80. The van der Waals surface area contributed by atoms with Crippen molar-refractivity contribution in [2.45, 2.75) is 64.5 Å². The van der Waals surface area contributed by atoms with Crippen molar-refractivity contribution < 1.29 is 0 Å². The number of likely N-dealkylation sites (tertiary alicyclic amines) is 1. The fourth-order valence-corrected chi connectivity index (χ4v) is 4.69. The first-order valence-corrected chi connectivity index (χ1v) is 6.91. The summed E-state index contributed by atoms with van der Waals surface area (Å²) in [5.74, 6) is 2.00. The van der Waals surface area contributed by atoms with Crippen LogP contribution in [0.4, 0.5) is 0 Å². The van der Waals surface area contributed by atoms with E-state index in [9.17, 15) is 0 Å². The SMILES string of the molecule is CCC(C)C1CC2CCC23CCC3N1C. The monoisotopic (exact) mass is 207 g/mol. The van der Waals surface area contributed by atoms with Crippen molar-refractivity contribution >= 4 is 0 Å². The highest BCUT2D eigenvalue weighted by molar-refractivity contribution is 5.14. The van der Waals surface area contributed by atoms with Gasteiger partial charge in [0, 0.05) is 12.1 Å². The fourth-order valence-electron chi connectivity index (χ4n) is 4.69. The lowest BCUT2D eigenvalue weighted by molar-refractivity contribution is -0.188. The maximum atomic E-state index is 2.76. The molecule has 0 aromatic rings. The molecule has 86 valence electrons. The lowest BCUT2D eigenvalue weighted by atomic mass is 9.43. The maximum Gasteiger partial charge on any atom is 0.0155 e. The fraction of sp³-hybridized carbons (Fsp3) is 1.00. The minimum absolute atomic E-state index is 0.818. The summed E-state index contributed by atoms with van der Waals surface area (Å²) < 4.78 is 0. The Labute approximate surface area is 94.2 Å². The molecule has 0 aromatic carbocycles. The summed E-state index contributed by atoms with van der Waals surface area (Å²) in [5.41, 5.74) is 0.818. The molecule has 2 aliphatic carbocycles. The summed E-state index contributed by atoms with van der Waals surface area (Å²) in [6.07, 6.45) is 8.96. The molecule has 0 bridgehead atoms. The number of nitrogens with zero attached hydrogens (tertiary/aromatic N) is 1. The zero-order valence-electron chi connectivity index (χ0n) is 10.5. The number of piperidine rings is 1. The normalized spacial score (nSPS) is 51.0. The highest BCUT2D eigenvalue weighted by atomic mass is 15.2. The first kappa shape index (κ1) is 10.1. The van der Waals surface area contributed by atoms with E-state index >= 15 is 0 Å². The van der Waals surface area contributed by atoms with E-state index in [1.54, 1.807) is 12.8 Å². The van der Waals surface area contributed by atoms with Crippen molar-refractivity contribution in [3.8, 4) is 0 Å². The third-order valence-electron chi connectivity index (χ3n) is 6.16. The largest absolute Gasteiger partial charge is 0.300 e. The summed E-state index contributed by atoms with van der Waals surface area (Å²) in [5, 5.41) is 0. The maximum absolute atomic E-state index is 2.76. The van der Waals surface area contributed by atoms with Gasteiger partial charge in [-0.2, -0.15) is 0 Å². The molecule has 1 aliphatic heterocycles. The lowest BCUT2D eigenvalue weighted by Crippen LogP contribution is -2.69. The van der Waals surface area contributed by atoms with E-state index in [1.807, 2.05) is 0 Å². The van der Waals surface area contributed by atoms with Gasteiger partial charge in [0.15, 0.2) is 0 Å². The quantitative estimate of drug-likeness (QED) is 0.671. The molecule has 3 fully saturated rings. The number of hydrogen-bond donors (Lipinski definition) is 0. The van der Waals surface area contributed by atoms with E-state index < -0.39 is 0 Å². The van der Waals surface area contributed by atoms with Crippen molar-refractivity contribution in [2.75, 3.05) is 7.05 Å². The molecule has 0 amide bonds. The molecule has 3 rings (SSSR count). The van der Waals surface area contributed by atoms with E-state index in [1.165, 1.54) is 25.7 Å². The predicted octanol–water partition coefficient (Wildman–Crippen LogP) is 3.30. The Bertz CT molecular complexity index is 258.